The van der Waals surface area contributed by atoms with Crippen LogP contribution in [0.15, 0.2) is 18.2 Å². The van der Waals surface area contributed by atoms with Crippen molar-refractivity contribution in [2.24, 2.45) is 0 Å². The third kappa shape index (κ3) is 3.96. The van der Waals surface area contributed by atoms with Crippen molar-refractivity contribution in [3.63, 3.8) is 0 Å². The van der Waals surface area contributed by atoms with Crippen LogP contribution in [-0.2, 0) is 0 Å². The van der Waals surface area contributed by atoms with Crippen molar-refractivity contribution in [2.75, 3.05) is 24.1 Å². The number of rotatable bonds is 5. The molecule has 0 aliphatic carbocycles. The summed E-state index contributed by atoms with van der Waals surface area (Å²) in [5.41, 5.74) is 7.41. The second-order valence-corrected chi connectivity index (χ2v) is 3.89. The van der Waals surface area contributed by atoms with Crippen molar-refractivity contribution in [2.45, 2.75) is 20.0 Å². The average Bonchev–Trinajstić information content (AvgIpc) is 2.26. The van der Waals surface area contributed by atoms with Crippen LogP contribution in [0.25, 0.3) is 0 Å². The SMILES string of the molecule is CCNC(=O)c1ccc(N)cc1NCC(C)O. The molecule has 1 aromatic rings. The van der Waals surface area contributed by atoms with Crippen molar-refractivity contribution < 1.29 is 9.90 Å². The van der Waals surface area contributed by atoms with Gasteiger partial charge < -0.3 is 21.5 Å². The van der Waals surface area contributed by atoms with Gasteiger partial charge in [0.25, 0.3) is 5.91 Å². The lowest BCUT2D eigenvalue weighted by Gasteiger charge is -2.13. The second-order valence-electron chi connectivity index (χ2n) is 3.89. The Hall–Kier alpha value is -1.75. The molecule has 0 aromatic heterocycles. The number of nitrogens with one attached hydrogen (secondary N) is 2. The van der Waals surface area contributed by atoms with Gasteiger partial charge in [0.2, 0.25) is 0 Å². The van der Waals surface area contributed by atoms with Crippen LogP contribution in [0.1, 0.15) is 24.2 Å². The van der Waals surface area contributed by atoms with Gasteiger partial charge in [-0.15, -0.1) is 0 Å². The number of anilines is 2. The molecule has 5 nitrogen and oxygen atoms in total. The Morgan fingerprint density at radius 1 is 1.53 bits per heavy atom. The molecule has 1 rings (SSSR count). The van der Waals surface area contributed by atoms with Crippen molar-refractivity contribution in [3.05, 3.63) is 23.8 Å². The van der Waals surface area contributed by atoms with Gasteiger partial charge in [-0.3, -0.25) is 4.79 Å². The molecule has 1 aromatic carbocycles. The Bertz CT molecular complexity index is 391. The minimum Gasteiger partial charge on any atom is -0.399 e. The molecule has 0 saturated carbocycles. The maximum Gasteiger partial charge on any atom is 0.253 e. The fourth-order valence-electron chi connectivity index (χ4n) is 1.42. The third-order valence-corrected chi connectivity index (χ3v) is 2.21. The predicted octanol–water partition coefficient (Wildman–Crippen LogP) is 0.811. The van der Waals surface area contributed by atoms with Crippen molar-refractivity contribution in [1.82, 2.24) is 5.32 Å². The summed E-state index contributed by atoms with van der Waals surface area (Å²) in [7, 11) is 0. The van der Waals surface area contributed by atoms with Gasteiger partial charge in [0.05, 0.1) is 11.7 Å². The van der Waals surface area contributed by atoms with E-state index in [1.54, 1.807) is 25.1 Å². The van der Waals surface area contributed by atoms with E-state index in [2.05, 4.69) is 10.6 Å². The molecule has 5 heteroatoms. The molecule has 0 heterocycles. The number of amides is 1. The number of hydrogen-bond donors (Lipinski definition) is 4. The molecule has 0 aliphatic heterocycles. The Morgan fingerprint density at radius 3 is 2.82 bits per heavy atom. The second kappa shape index (κ2) is 6.10. The van der Waals surface area contributed by atoms with Crippen LogP contribution in [0.3, 0.4) is 0 Å². The zero-order valence-corrected chi connectivity index (χ0v) is 10.2. The number of carbonyl (C=O) groups excluding carboxylic acids is 1. The van der Waals surface area contributed by atoms with Gasteiger partial charge in [0, 0.05) is 24.5 Å². The highest BCUT2D eigenvalue weighted by atomic mass is 16.3. The summed E-state index contributed by atoms with van der Waals surface area (Å²) in [6.45, 7) is 4.47. The molecule has 1 amide bonds. The number of nitrogens with two attached hydrogens (primary N) is 1. The van der Waals surface area contributed by atoms with Gasteiger partial charge in [0.1, 0.15) is 0 Å². The fourth-order valence-corrected chi connectivity index (χ4v) is 1.42. The van der Waals surface area contributed by atoms with Gasteiger partial charge in [0.15, 0.2) is 0 Å². The summed E-state index contributed by atoms with van der Waals surface area (Å²) >= 11 is 0. The van der Waals surface area contributed by atoms with Crippen molar-refractivity contribution >= 4 is 17.3 Å². The Balaban J connectivity index is 2.91. The molecule has 0 fully saturated rings. The molecule has 0 aliphatic rings. The molecule has 0 radical (unpaired) electrons. The summed E-state index contributed by atoms with van der Waals surface area (Å²) in [5, 5.41) is 15.0. The van der Waals surface area contributed by atoms with E-state index >= 15 is 0 Å². The van der Waals surface area contributed by atoms with Crippen LogP contribution in [0.4, 0.5) is 11.4 Å². The normalized spacial score (nSPS) is 11.9. The van der Waals surface area contributed by atoms with Gasteiger partial charge in [-0.2, -0.15) is 0 Å². The maximum atomic E-state index is 11.8. The zero-order chi connectivity index (χ0) is 12.8. The van der Waals surface area contributed by atoms with Gasteiger partial charge >= 0.3 is 0 Å². The highest BCUT2D eigenvalue weighted by Gasteiger charge is 2.11. The quantitative estimate of drug-likeness (QED) is 0.571. The van der Waals surface area contributed by atoms with Gasteiger partial charge in [-0.05, 0) is 32.0 Å². The molecule has 94 valence electrons. The first kappa shape index (κ1) is 13.3. The van der Waals surface area contributed by atoms with E-state index in [1.807, 2.05) is 6.92 Å². The fraction of sp³-hybridized carbons (Fsp3) is 0.417. The Kier molecular flexibility index (Phi) is 4.78. The standard InChI is InChI=1S/C12H19N3O2/c1-3-14-12(17)10-5-4-9(13)6-11(10)15-7-8(2)16/h4-6,8,15-16H,3,7,13H2,1-2H3,(H,14,17). The van der Waals surface area contributed by atoms with Crippen LogP contribution in [0.2, 0.25) is 0 Å². The van der Waals surface area contributed by atoms with E-state index < -0.39 is 6.10 Å². The number of hydrogen-bond acceptors (Lipinski definition) is 4. The Morgan fingerprint density at radius 2 is 2.24 bits per heavy atom. The first-order valence-corrected chi connectivity index (χ1v) is 5.64. The van der Waals surface area contributed by atoms with E-state index in [4.69, 9.17) is 5.73 Å². The van der Waals surface area contributed by atoms with Crippen LogP contribution in [0, 0.1) is 0 Å². The minimum atomic E-state index is -0.487. The molecule has 17 heavy (non-hydrogen) atoms. The Labute approximate surface area is 101 Å². The van der Waals surface area contributed by atoms with E-state index in [0.717, 1.165) is 0 Å². The molecule has 1 unspecified atom stereocenters. The van der Waals surface area contributed by atoms with Crippen molar-refractivity contribution in [1.29, 1.82) is 0 Å². The number of carbonyl (C=O) groups is 1. The third-order valence-electron chi connectivity index (χ3n) is 2.21. The molecule has 1 atom stereocenters. The first-order chi connectivity index (χ1) is 8.04. The van der Waals surface area contributed by atoms with Crippen LogP contribution >= 0.6 is 0 Å². The average molecular weight is 237 g/mol. The number of aliphatic hydroxyl groups is 1. The molecule has 0 bridgehead atoms. The highest BCUT2D eigenvalue weighted by Crippen LogP contribution is 2.19. The first-order valence-electron chi connectivity index (χ1n) is 5.64. The highest BCUT2D eigenvalue weighted by molar-refractivity contribution is 6.00. The lowest BCUT2D eigenvalue weighted by atomic mass is 10.1. The number of nitrogen functional groups attached to an aromatic ring is 1. The summed E-state index contributed by atoms with van der Waals surface area (Å²) in [4.78, 5) is 11.8. The topological polar surface area (TPSA) is 87.4 Å². The van der Waals surface area contributed by atoms with Crippen LogP contribution < -0.4 is 16.4 Å². The van der Waals surface area contributed by atoms with Crippen LogP contribution in [-0.4, -0.2) is 30.2 Å². The van der Waals surface area contributed by atoms with Gasteiger partial charge in [-0.25, -0.2) is 0 Å². The summed E-state index contributed by atoms with van der Waals surface area (Å²) < 4.78 is 0. The van der Waals surface area contributed by atoms with Gasteiger partial charge in [-0.1, -0.05) is 0 Å². The molecule has 5 N–H and O–H groups in total. The molecular formula is C12H19N3O2. The zero-order valence-electron chi connectivity index (χ0n) is 10.2. The van der Waals surface area contributed by atoms with E-state index in [1.165, 1.54) is 0 Å². The molecular weight excluding hydrogens is 218 g/mol. The number of benzene rings is 1. The summed E-state index contributed by atoms with van der Waals surface area (Å²) in [6, 6.07) is 5.04. The lowest BCUT2D eigenvalue weighted by molar-refractivity contribution is 0.0956. The van der Waals surface area contributed by atoms with Crippen LogP contribution in [0.5, 0.6) is 0 Å². The molecule has 0 spiro atoms. The summed E-state index contributed by atoms with van der Waals surface area (Å²) in [5.74, 6) is -0.152. The lowest BCUT2D eigenvalue weighted by Crippen LogP contribution is -2.25. The largest absolute Gasteiger partial charge is 0.399 e. The van der Waals surface area contributed by atoms with E-state index in [-0.39, 0.29) is 5.91 Å². The smallest absolute Gasteiger partial charge is 0.253 e. The molecule has 0 saturated heterocycles. The monoisotopic (exact) mass is 237 g/mol. The minimum absolute atomic E-state index is 0.152. The number of aliphatic hydroxyl groups excluding tert-OH is 1. The predicted molar refractivity (Wildman–Crippen MR) is 69.0 cm³/mol. The van der Waals surface area contributed by atoms with E-state index in [9.17, 15) is 9.90 Å². The van der Waals surface area contributed by atoms with E-state index in [0.29, 0.717) is 30.0 Å². The summed E-state index contributed by atoms with van der Waals surface area (Å²) in [6.07, 6.45) is -0.487. The maximum absolute atomic E-state index is 11.8. The van der Waals surface area contributed by atoms with Crippen molar-refractivity contribution in [3.8, 4) is 0 Å².